The van der Waals surface area contributed by atoms with Gasteiger partial charge in [0.1, 0.15) is 5.82 Å². The molecule has 4 rings (SSSR count). The number of anilines is 3. The Morgan fingerprint density at radius 3 is 2.72 bits per heavy atom. The molecule has 0 aliphatic carbocycles. The molecule has 1 amide bonds. The molecule has 3 N–H and O–H groups in total. The minimum Gasteiger partial charge on any atom is -0.384 e. The molecular formula is C23H21FN4O. The first-order valence-electron chi connectivity index (χ1n) is 9.41. The maximum Gasteiger partial charge on any atom is 0.257 e. The lowest BCUT2D eigenvalue weighted by molar-refractivity contribution is -0.110. The molecule has 0 atom stereocenters. The average molecular weight is 388 g/mol. The third kappa shape index (κ3) is 4.27. The van der Waals surface area contributed by atoms with Crippen LogP contribution in [0, 0.1) is 12.7 Å². The van der Waals surface area contributed by atoms with Gasteiger partial charge in [-0.05, 0) is 73.0 Å². The van der Waals surface area contributed by atoms with Crippen LogP contribution in [0.4, 0.5) is 21.5 Å². The normalized spacial score (nSPS) is 13.9. The van der Waals surface area contributed by atoms with Crippen LogP contribution in [0.5, 0.6) is 0 Å². The van der Waals surface area contributed by atoms with E-state index >= 15 is 0 Å². The Balaban J connectivity index is 1.42. The average Bonchev–Trinajstić information content (AvgIpc) is 3.03. The third-order valence-electron chi connectivity index (χ3n) is 4.85. The molecule has 5 nitrogen and oxygen atoms in total. The molecule has 0 unspecified atom stereocenters. The van der Waals surface area contributed by atoms with E-state index in [-0.39, 0.29) is 11.7 Å². The van der Waals surface area contributed by atoms with Crippen molar-refractivity contribution in [3.05, 3.63) is 89.6 Å². The lowest BCUT2D eigenvalue weighted by Crippen LogP contribution is -2.07. The van der Waals surface area contributed by atoms with Gasteiger partial charge in [-0.25, -0.2) is 4.39 Å². The first-order chi connectivity index (χ1) is 14.1. The van der Waals surface area contributed by atoms with Crippen LogP contribution in [-0.4, -0.2) is 17.4 Å². The summed E-state index contributed by atoms with van der Waals surface area (Å²) in [5.41, 5.74) is 5.84. The summed E-state index contributed by atoms with van der Waals surface area (Å²) >= 11 is 0. The van der Waals surface area contributed by atoms with Crippen LogP contribution in [0.1, 0.15) is 16.7 Å². The standard InChI is InChI=1S/C23H21FN4O/c1-15-12-18(3-5-21(15)26-11-8-16-6-9-25-10-7-16)27-14-20-19-13-17(24)2-4-22(19)28-23(20)29/h2-7,9-10,12-14,26-27H,8,11H2,1H3,(H,28,29)/b20-14+. The van der Waals surface area contributed by atoms with E-state index in [0.717, 1.165) is 29.9 Å². The van der Waals surface area contributed by atoms with E-state index in [1.807, 2.05) is 37.3 Å². The Morgan fingerprint density at radius 2 is 1.93 bits per heavy atom. The van der Waals surface area contributed by atoms with Crippen LogP contribution in [0.25, 0.3) is 5.57 Å². The minimum absolute atomic E-state index is 0.246. The van der Waals surface area contributed by atoms with E-state index in [9.17, 15) is 9.18 Å². The molecule has 0 saturated heterocycles. The first-order valence-corrected chi connectivity index (χ1v) is 9.41. The largest absolute Gasteiger partial charge is 0.384 e. The van der Waals surface area contributed by atoms with Crippen LogP contribution in [0.15, 0.2) is 67.1 Å². The number of hydrogen-bond acceptors (Lipinski definition) is 4. The summed E-state index contributed by atoms with van der Waals surface area (Å²) in [6, 6.07) is 14.2. The lowest BCUT2D eigenvalue weighted by atomic mass is 10.1. The fourth-order valence-corrected chi connectivity index (χ4v) is 3.30. The third-order valence-corrected chi connectivity index (χ3v) is 4.85. The van der Waals surface area contributed by atoms with Gasteiger partial charge in [-0.2, -0.15) is 0 Å². The van der Waals surface area contributed by atoms with Crippen molar-refractivity contribution in [3.63, 3.8) is 0 Å². The Kier molecular flexibility index (Phi) is 5.24. The van der Waals surface area contributed by atoms with Crippen molar-refractivity contribution in [1.82, 2.24) is 4.98 Å². The number of carbonyl (C=O) groups excluding carboxylic acids is 1. The predicted molar refractivity (Wildman–Crippen MR) is 114 cm³/mol. The van der Waals surface area contributed by atoms with Crippen LogP contribution in [0.2, 0.25) is 0 Å². The summed E-state index contributed by atoms with van der Waals surface area (Å²) in [6.45, 7) is 2.85. The Hall–Kier alpha value is -3.67. The summed E-state index contributed by atoms with van der Waals surface area (Å²) in [4.78, 5) is 16.2. The lowest BCUT2D eigenvalue weighted by Gasteiger charge is -2.11. The van der Waals surface area contributed by atoms with Gasteiger partial charge in [0.25, 0.3) is 5.91 Å². The predicted octanol–water partition coefficient (Wildman–Crippen LogP) is 4.59. The van der Waals surface area contributed by atoms with Gasteiger partial charge in [0, 0.05) is 47.8 Å². The molecule has 1 aromatic heterocycles. The molecule has 0 radical (unpaired) electrons. The minimum atomic E-state index is -0.371. The van der Waals surface area contributed by atoms with Gasteiger partial charge < -0.3 is 16.0 Å². The second-order valence-electron chi connectivity index (χ2n) is 6.91. The highest BCUT2D eigenvalue weighted by atomic mass is 19.1. The summed E-state index contributed by atoms with van der Waals surface area (Å²) in [5, 5.41) is 9.33. The van der Waals surface area contributed by atoms with Crippen LogP contribution < -0.4 is 16.0 Å². The second kappa shape index (κ2) is 8.14. The van der Waals surface area contributed by atoms with Gasteiger partial charge in [0.05, 0.1) is 5.57 Å². The van der Waals surface area contributed by atoms with Gasteiger partial charge in [-0.3, -0.25) is 9.78 Å². The fourth-order valence-electron chi connectivity index (χ4n) is 3.30. The molecule has 3 aromatic rings. The zero-order valence-electron chi connectivity index (χ0n) is 16.0. The number of halogens is 1. The van der Waals surface area contributed by atoms with E-state index in [1.165, 1.54) is 17.7 Å². The zero-order valence-corrected chi connectivity index (χ0v) is 16.0. The Bertz CT molecular complexity index is 1080. The van der Waals surface area contributed by atoms with Gasteiger partial charge >= 0.3 is 0 Å². The molecule has 146 valence electrons. The highest BCUT2D eigenvalue weighted by Crippen LogP contribution is 2.32. The first kappa shape index (κ1) is 18.7. The van der Waals surface area contributed by atoms with Crippen LogP contribution in [-0.2, 0) is 11.2 Å². The molecule has 1 aliphatic rings. The quantitative estimate of drug-likeness (QED) is 0.541. The molecule has 0 spiro atoms. The van der Waals surface area contributed by atoms with Crippen LogP contribution in [0.3, 0.4) is 0 Å². The van der Waals surface area contributed by atoms with Crippen molar-refractivity contribution in [2.24, 2.45) is 0 Å². The maximum atomic E-state index is 13.5. The Labute approximate surface area is 168 Å². The number of fused-ring (bicyclic) bond motifs is 1. The highest BCUT2D eigenvalue weighted by molar-refractivity contribution is 6.31. The van der Waals surface area contributed by atoms with E-state index in [1.54, 1.807) is 24.7 Å². The summed E-state index contributed by atoms with van der Waals surface area (Å²) in [5.74, 6) is -0.617. The summed E-state index contributed by atoms with van der Waals surface area (Å²) in [7, 11) is 0. The van der Waals surface area contributed by atoms with E-state index in [0.29, 0.717) is 16.8 Å². The topological polar surface area (TPSA) is 66.1 Å². The summed E-state index contributed by atoms with van der Waals surface area (Å²) < 4.78 is 13.5. The molecule has 1 aliphatic heterocycles. The van der Waals surface area contributed by atoms with Crippen molar-refractivity contribution in [2.75, 3.05) is 22.5 Å². The van der Waals surface area contributed by atoms with Gasteiger partial charge in [-0.1, -0.05) is 0 Å². The number of rotatable bonds is 6. The van der Waals surface area contributed by atoms with Crippen molar-refractivity contribution >= 4 is 28.5 Å². The number of carbonyl (C=O) groups is 1. The Morgan fingerprint density at radius 1 is 1.10 bits per heavy atom. The SMILES string of the molecule is Cc1cc(N/C=C2/C(=O)Nc3ccc(F)cc32)ccc1NCCc1ccncc1. The van der Waals surface area contributed by atoms with Crippen molar-refractivity contribution < 1.29 is 9.18 Å². The molecular weight excluding hydrogens is 367 g/mol. The molecule has 29 heavy (non-hydrogen) atoms. The van der Waals surface area contributed by atoms with Crippen LogP contribution >= 0.6 is 0 Å². The monoisotopic (exact) mass is 388 g/mol. The van der Waals surface area contributed by atoms with Gasteiger partial charge in [-0.15, -0.1) is 0 Å². The number of hydrogen-bond donors (Lipinski definition) is 3. The van der Waals surface area contributed by atoms with E-state index in [4.69, 9.17) is 0 Å². The second-order valence-corrected chi connectivity index (χ2v) is 6.91. The van der Waals surface area contributed by atoms with E-state index in [2.05, 4.69) is 20.9 Å². The van der Waals surface area contributed by atoms with Crippen molar-refractivity contribution in [3.8, 4) is 0 Å². The molecule has 0 saturated carbocycles. The molecule has 2 heterocycles. The molecule has 2 aromatic carbocycles. The number of pyridine rings is 1. The number of nitrogens with one attached hydrogen (secondary N) is 3. The number of nitrogens with zero attached hydrogens (tertiary/aromatic N) is 1. The fraction of sp³-hybridized carbons (Fsp3) is 0.130. The number of amides is 1. The molecule has 6 heteroatoms. The number of aromatic nitrogens is 1. The van der Waals surface area contributed by atoms with Gasteiger partial charge in [0.15, 0.2) is 0 Å². The maximum absolute atomic E-state index is 13.5. The van der Waals surface area contributed by atoms with Crippen molar-refractivity contribution in [2.45, 2.75) is 13.3 Å². The molecule has 0 fully saturated rings. The van der Waals surface area contributed by atoms with Gasteiger partial charge in [0.2, 0.25) is 0 Å². The number of aryl methyl sites for hydroxylation is 1. The zero-order chi connectivity index (χ0) is 20.2. The summed E-state index contributed by atoms with van der Waals surface area (Å²) in [6.07, 6.45) is 6.13. The highest BCUT2D eigenvalue weighted by Gasteiger charge is 2.24. The van der Waals surface area contributed by atoms with E-state index < -0.39 is 0 Å². The van der Waals surface area contributed by atoms with Crippen molar-refractivity contribution in [1.29, 1.82) is 0 Å². The smallest absolute Gasteiger partial charge is 0.257 e. The number of benzene rings is 2. The molecule has 0 bridgehead atoms.